The van der Waals surface area contributed by atoms with E-state index in [1.54, 1.807) is 40.9 Å². The average molecular weight is 401 g/mol. The van der Waals surface area contributed by atoms with Crippen LogP contribution in [-0.2, 0) is 18.8 Å². The van der Waals surface area contributed by atoms with Gasteiger partial charge in [-0.3, -0.25) is 4.79 Å². The predicted molar refractivity (Wildman–Crippen MR) is 110 cm³/mol. The summed E-state index contributed by atoms with van der Waals surface area (Å²) in [6, 6.07) is 6.59. The van der Waals surface area contributed by atoms with E-state index in [1.165, 1.54) is 0 Å². The number of unbranched alkanes of at least 4 members (excludes halogenated alkanes) is 1. The van der Waals surface area contributed by atoms with Gasteiger partial charge in [-0.1, -0.05) is 25.5 Å². The van der Waals surface area contributed by atoms with Crippen molar-refractivity contribution in [2.75, 3.05) is 18.1 Å². The molecule has 8 heteroatoms. The van der Waals surface area contributed by atoms with E-state index in [2.05, 4.69) is 22.2 Å². The standard InChI is InChI=1S/C20H24N4O3S/c1-3-4-9-21-18-17-15(22-16(23-18)12-28-2)11-24(19(17)25)10-13-5-7-14(8-6-13)20(26)27/h5-8H,3-4,9-12H2,1-2H3,(H,26,27)(H,21,22,23). The molecule has 1 aromatic heterocycles. The highest BCUT2D eigenvalue weighted by Crippen LogP contribution is 2.29. The molecule has 2 aromatic rings. The summed E-state index contributed by atoms with van der Waals surface area (Å²) in [5.41, 5.74) is 2.42. The maximum Gasteiger partial charge on any atom is 0.335 e. The Kier molecular flexibility index (Phi) is 6.51. The van der Waals surface area contributed by atoms with E-state index >= 15 is 0 Å². The van der Waals surface area contributed by atoms with E-state index in [1.807, 2.05) is 6.26 Å². The molecule has 2 N–H and O–H groups in total. The van der Waals surface area contributed by atoms with Crippen molar-refractivity contribution in [2.24, 2.45) is 0 Å². The van der Waals surface area contributed by atoms with Crippen LogP contribution in [0.5, 0.6) is 0 Å². The van der Waals surface area contributed by atoms with Crippen molar-refractivity contribution in [1.82, 2.24) is 14.9 Å². The Morgan fingerprint density at radius 2 is 2.04 bits per heavy atom. The van der Waals surface area contributed by atoms with Gasteiger partial charge in [-0.15, -0.1) is 0 Å². The third-order valence-corrected chi connectivity index (χ3v) is 5.09. The number of hydrogen-bond acceptors (Lipinski definition) is 6. The van der Waals surface area contributed by atoms with Gasteiger partial charge in [0, 0.05) is 13.1 Å². The summed E-state index contributed by atoms with van der Waals surface area (Å²) in [6.45, 7) is 3.72. The molecular weight excluding hydrogens is 376 g/mol. The third-order valence-electron chi connectivity index (χ3n) is 4.54. The molecule has 0 fully saturated rings. The molecule has 0 saturated carbocycles. The minimum Gasteiger partial charge on any atom is -0.478 e. The molecule has 28 heavy (non-hydrogen) atoms. The lowest BCUT2D eigenvalue weighted by Gasteiger charge is -2.15. The minimum absolute atomic E-state index is 0.0907. The van der Waals surface area contributed by atoms with E-state index in [4.69, 9.17) is 5.11 Å². The fourth-order valence-corrected chi connectivity index (χ4v) is 3.50. The summed E-state index contributed by atoms with van der Waals surface area (Å²) < 4.78 is 0. The molecule has 0 aliphatic carbocycles. The lowest BCUT2D eigenvalue weighted by molar-refractivity contribution is 0.0695. The number of carboxylic acid groups (broad SMARTS) is 1. The van der Waals surface area contributed by atoms with Gasteiger partial charge in [0.2, 0.25) is 0 Å². The Labute approximate surface area is 168 Å². The monoisotopic (exact) mass is 400 g/mol. The van der Waals surface area contributed by atoms with Crippen molar-refractivity contribution < 1.29 is 14.7 Å². The van der Waals surface area contributed by atoms with Crippen LogP contribution in [0.3, 0.4) is 0 Å². The van der Waals surface area contributed by atoms with Crippen molar-refractivity contribution in [1.29, 1.82) is 0 Å². The molecule has 1 aromatic carbocycles. The first kappa shape index (κ1) is 20.1. The van der Waals surface area contributed by atoms with Crippen LogP contribution in [0.2, 0.25) is 0 Å². The largest absolute Gasteiger partial charge is 0.478 e. The predicted octanol–water partition coefficient (Wildman–Crippen LogP) is 3.41. The molecule has 0 spiro atoms. The van der Waals surface area contributed by atoms with Crippen LogP contribution in [0.25, 0.3) is 0 Å². The number of carboxylic acids is 1. The zero-order valence-corrected chi connectivity index (χ0v) is 16.9. The van der Waals surface area contributed by atoms with Crippen molar-refractivity contribution >= 4 is 29.5 Å². The second-order valence-electron chi connectivity index (χ2n) is 6.69. The number of benzene rings is 1. The van der Waals surface area contributed by atoms with Crippen LogP contribution in [0.4, 0.5) is 5.82 Å². The molecule has 3 rings (SSSR count). The van der Waals surface area contributed by atoms with Crippen LogP contribution < -0.4 is 5.32 Å². The number of anilines is 1. The first-order chi connectivity index (χ1) is 13.5. The van der Waals surface area contributed by atoms with Gasteiger partial charge in [-0.05, 0) is 30.4 Å². The molecule has 0 bridgehead atoms. The number of aromatic nitrogens is 2. The van der Waals surface area contributed by atoms with Gasteiger partial charge in [0.1, 0.15) is 17.2 Å². The summed E-state index contributed by atoms with van der Waals surface area (Å²) in [5.74, 6) is 0.991. The van der Waals surface area contributed by atoms with Crippen LogP contribution in [-0.4, -0.2) is 44.7 Å². The molecule has 0 unspecified atom stereocenters. The first-order valence-corrected chi connectivity index (χ1v) is 10.7. The van der Waals surface area contributed by atoms with Crippen molar-refractivity contribution in [3.05, 3.63) is 52.5 Å². The fraction of sp³-hybridized carbons (Fsp3) is 0.400. The van der Waals surface area contributed by atoms with E-state index < -0.39 is 5.97 Å². The van der Waals surface area contributed by atoms with Crippen molar-refractivity contribution in [3.63, 3.8) is 0 Å². The molecule has 1 aliphatic heterocycles. The van der Waals surface area contributed by atoms with E-state index in [0.717, 1.165) is 36.5 Å². The highest BCUT2D eigenvalue weighted by atomic mass is 32.2. The number of fused-ring (bicyclic) bond motifs is 1. The molecule has 0 atom stereocenters. The zero-order valence-electron chi connectivity index (χ0n) is 16.1. The molecule has 1 amide bonds. The van der Waals surface area contributed by atoms with Crippen LogP contribution in [0.1, 0.15) is 57.6 Å². The Hall–Kier alpha value is -2.61. The first-order valence-electron chi connectivity index (χ1n) is 9.27. The van der Waals surface area contributed by atoms with Crippen molar-refractivity contribution in [2.45, 2.75) is 38.6 Å². The molecular formula is C20H24N4O3S. The third kappa shape index (κ3) is 4.44. The smallest absolute Gasteiger partial charge is 0.335 e. The summed E-state index contributed by atoms with van der Waals surface area (Å²) in [5, 5.41) is 12.3. The Bertz CT molecular complexity index is 870. The van der Waals surface area contributed by atoms with E-state index in [-0.39, 0.29) is 11.5 Å². The number of nitrogens with zero attached hydrogens (tertiary/aromatic N) is 3. The minimum atomic E-state index is -0.962. The number of carbonyl (C=O) groups excluding carboxylic acids is 1. The topological polar surface area (TPSA) is 95.4 Å². The van der Waals surface area contributed by atoms with Gasteiger partial charge >= 0.3 is 5.97 Å². The van der Waals surface area contributed by atoms with Gasteiger partial charge in [0.15, 0.2) is 0 Å². The van der Waals surface area contributed by atoms with E-state index in [0.29, 0.717) is 30.2 Å². The number of hydrogen-bond donors (Lipinski definition) is 2. The summed E-state index contributed by atoms with van der Waals surface area (Å²) in [6.07, 6.45) is 4.06. The fourth-order valence-electron chi connectivity index (χ4n) is 3.11. The normalized spacial score (nSPS) is 12.9. The maximum absolute atomic E-state index is 13.0. The number of nitrogens with one attached hydrogen (secondary N) is 1. The summed E-state index contributed by atoms with van der Waals surface area (Å²) >= 11 is 1.65. The summed E-state index contributed by atoms with van der Waals surface area (Å²) in [7, 11) is 0. The van der Waals surface area contributed by atoms with Gasteiger partial charge in [-0.2, -0.15) is 11.8 Å². The number of amides is 1. The lowest BCUT2D eigenvalue weighted by atomic mass is 10.1. The van der Waals surface area contributed by atoms with E-state index in [9.17, 15) is 9.59 Å². The quantitative estimate of drug-likeness (QED) is 0.623. The molecule has 2 heterocycles. The summed E-state index contributed by atoms with van der Waals surface area (Å²) in [4.78, 5) is 34.9. The second kappa shape index (κ2) is 9.05. The number of thioether (sulfide) groups is 1. The molecule has 1 aliphatic rings. The Balaban J connectivity index is 1.81. The van der Waals surface area contributed by atoms with Crippen LogP contribution >= 0.6 is 11.8 Å². The molecule has 7 nitrogen and oxygen atoms in total. The average Bonchev–Trinajstić information content (AvgIpc) is 2.98. The maximum atomic E-state index is 13.0. The SMILES string of the molecule is CCCCNc1nc(CSC)nc2c1C(=O)N(Cc1ccc(C(=O)O)cc1)C2. The van der Waals surface area contributed by atoms with Gasteiger partial charge in [-0.25, -0.2) is 14.8 Å². The van der Waals surface area contributed by atoms with Gasteiger partial charge in [0.25, 0.3) is 5.91 Å². The van der Waals surface area contributed by atoms with Crippen LogP contribution in [0, 0.1) is 0 Å². The van der Waals surface area contributed by atoms with Crippen LogP contribution in [0.15, 0.2) is 24.3 Å². The number of carbonyl (C=O) groups is 2. The second-order valence-corrected chi connectivity index (χ2v) is 7.55. The lowest BCUT2D eigenvalue weighted by Crippen LogP contribution is -2.24. The Morgan fingerprint density at radius 3 is 2.68 bits per heavy atom. The van der Waals surface area contributed by atoms with Gasteiger partial charge < -0.3 is 15.3 Å². The van der Waals surface area contributed by atoms with Gasteiger partial charge in [0.05, 0.1) is 23.6 Å². The Morgan fingerprint density at radius 1 is 1.29 bits per heavy atom. The van der Waals surface area contributed by atoms with Crippen molar-refractivity contribution in [3.8, 4) is 0 Å². The highest BCUT2D eigenvalue weighted by Gasteiger charge is 2.33. The number of aromatic carboxylic acids is 1. The zero-order chi connectivity index (χ0) is 20.1. The highest BCUT2D eigenvalue weighted by molar-refractivity contribution is 7.97. The number of rotatable bonds is 9. The molecule has 0 radical (unpaired) electrons. The molecule has 148 valence electrons. The molecule has 0 saturated heterocycles.